The predicted molar refractivity (Wildman–Crippen MR) is 75.9 cm³/mol. The average Bonchev–Trinajstić information content (AvgIpc) is 2.98. The van der Waals surface area contributed by atoms with Gasteiger partial charge < -0.3 is 4.74 Å². The second kappa shape index (κ2) is 5.83. The largest absolute Gasteiger partial charge is 0.384 e. The first-order valence-corrected chi connectivity index (χ1v) is 8.36. The highest BCUT2D eigenvalue weighted by Crippen LogP contribution is 2.38. The van der Waals surface area contributed by atoms with Crippen molar-refractivity contribution in [1.29, 1.82) is 0 Å². The maximum Gasteiger partial charge on any atom is 0.243 e. The SMILES string of the molecule is COCC1(CNS(=O)(=O)c2cnn(C)c2C)CCCC1. The van der Waals surface area contributed by atoms with Crippen LogP contribution >= 0.6 is 0 Å². The molecule has 0 amide bonds. The molecule has 20 heavy (non-hydrogen) atoms. The van der Waals surface area contributed by atoms with Gasteiger partial charge in [0.05, 0.1) is 18.5 Å². The van der Waals surface area contributed by atoms with E-state index in [1.54, 1.807) is 25.8 Å². The number of aromatic nitrogens is 2. The molecule has 0 aromatic carbocycles. The van der Waals surface area contributed by atoms with E-state index in [9.17, 15) is 8.42 Å². The molecule has 1 aromatic rings. The topological polar surface area (TPSA) is 73.2 Å². The number of methoxy groups -OCH3 is 1. The Morgan fingerprint density at radius 3 is 2.60 bits per heavy atom. The molecule has 1 N–H and O–H groups in total. The summed E-state index contributed by atoms with van der Waals surface area (Å²) in [4.78, 5) is 0.255. The maximum absolute atomic E-state index is 12.4. The van der Waals surface area contributed by atoms with Crippen LogP contribution in [0.3, 0.4) is 0 Å². The van der Waals surface area contributed by atoms with Gasteiger partial charge in [-0.1, -0.05) is 12.8 Å². The van der Waals surface area contributed by atoms with Gasteiger partial charge in [0.2, 0.25) is 10.0 Å². The van der Waals surface area contributed by atoms with Crippen molar-refractivity contribution < 1.29 is 13.2 Å². The van der Waals surface area contributed by atoms with Crippen LogP contribution in [0.25, 0.3) is 0 Å². The third-order valence-electron chi connectivity index (χ3n) is 4.23. The molecule has 7 heteroatoms. The van der Waals surface area contributed by atoms with Crippen molar-refractivity contribution in [2.45, 2.75) is 37.5 Å². The summed E-state index contributed by atoms with van der Waals surface area (Å²) in [5.41, 5.74) is 0.586. The van der Waals surface area contributed by atoms with Crippen molar-refractivity contribution in [3.63, 3.8) is 0 Å². The zero-order valence-electron chi connectivity index (χ0n) is 12.3. The van der Waals surface area contributed by atoms with E-state index in [4.69, 9.17) is 4.74 Å². The molecule has 2 rings (SSSR count). The highest BCUT2D eigenvalue weighted by Gasteiger charge is 2.35. The Morgan fingerprint density at radius 2 is 2.10 bits per heavy atom. The zero-order chi connectivity index (χ0) is 14.8. The van der Waals surface area contributed by atoms with Crippen molar-refractivity contribution in [2.75, 3.05) is 20.3 Å². The minimum atomic E-state index is -3.50. The Balaban J connectivity index is 2.11. The quantitative estimate of drug-likeness (QED) is 0.857. The molecule has 1 fully saturated rings. The van der Waals surface area contributed by atoms with E-state index in [1.165, 1.54) is 6.20 Å². The van der Waals surface area contributed by atoms with E-state index < -0.39 is 10.0 Å². The summed E-state index contributed by atoms with van der Waals surface area (Å²) < 4.78 is 34.3. The highest BCUT2D eigenvalue weighted by molar-refractivity contribution is 7.89. The van der Waals surface area contributed by atoms with E-state index in [0.717, 1.165) is 25.7 Å². The molecule has 0 atom stereocenters. The summed E-state index contributed by atoms with van der Waals surface area (Å²) in [7, 11) is -0.103. The van der Waals surface area contributed by atoms with Crippen molar-refractivity contribution in [3.05, 3.63) is 11.9 Å². The lowest BCUT2D eigenvalue weighted by Gasteiger charge is -2.28. The van der Waals surface area contributed by atoms with Crippen LogP contribution in [-0.2, 0) is 21.8 Å². The van der Waals surface area contributed by atoms with Crippen LogP contribution in [0.15, 0.2) is 11.1 Å². The molecule has 114 valence electrons. The smallest absolute Gasteiger partial charge is 0.243 e. The monoisotopic (exact) mass is 301 g/mol. The first kappa shape index (κ1) is 15.5. The van der Waals surface area contributed by atoms with E-state index in [2.05, 4.69) is 9.82 Å². The maximum atomic E-state index is 12.4. The molecule has 0 saturated heterocycles. The van der Waals surface area contributed by atoms with Gasteiger partial charge in [0.25, 0.3) is 0 Å². The molecule has 0 unspecified atom stereocenters. The Labute approximate surface area is 120 Å². The Morgan fingerprint density at radius 1 is 1.45 bits per heavy atom. The summed E-state index contributed by atoms with van der Waals surface area (Å²) in [5, 5.41) is 3.99. The molecule has 1 aliphatic rings. The Bertz CT molecular complexity index is 559. The lowest BCUT2D eigenvalue weighted by Crippen LogP contribution is -2.38. The third kappa shape index (κ3) is 3.05. The molecule has 1 saturated carbocycles. The average molecular weight is 301 g/mol. The minimum Gasteiger partial charge on any atom is -0.384 e. The van der Waals surface area contributed by atoms with Crippen molar-refractivity contribution in [2.24, 2.45) is 12.5 Å². The number of hydrogen-bond donors (Lipinski definition) is 1. The Hall–Kier alpha value is -0.920. The van der Waals surface area contributed by atoms with Gasteiger partial charge in [0.1, 0.15) is 4.90 Å². The summed E-state index contributed by atoms with van der Waals surface area (Å²) >= 11 is 0. The molecular weight excluding hydrogens is 278 g/mol. The second-order valence-corrected chi connectivity index (χ2v) is 7.42. The second-order valence-electron chi connectivity index (χ2n) is 5.68. The number of nitrogens with zero attached hydrogens (tertiary/aromatic N) is 2. The van der Waals surface area contributed by atoms with Crippen LogP contribution in [0.1, 0.15) is 31.4 Å². The van der Waals surface area contributed by atoms with Gasteiger partial charge in [-0.2, -0.15) is 5.10 Å². The molecule has 1 heterocycles. The first-order valence-electron chi connectivity index (χ1n) is 6.87. The number of nitrogens with one attached hydrogen (secondary N) is 1. The summed E-state index contributed by atoms with van der Waals surface area (Å²) in [6.45, 7) is 2.78. The van der Waals surface area contributed by atoms with Gasteiger partial charge in [0.15, 0.2) is 0 Å². The first-order chi connectivity index (χ1) is 9.40. The van der Waals surface area contributed by atoms with Crippen molar-refractivity contribution in [1.82, 2.24) is 14.5 Å². The number of sulfonamides is 1. The van der Waals surface area contributed by atoms with Gasteiger partial charge >= 0.3 is 0 Å². The van der Waals surface area contributed by atoms with Gasteiger partial charge in [-0.25, -0.2) is 13.1 Å². The van der Waals surface area contributed by atoms with E-state index in [1.807, 2.05) is 0 Å². The van der Waals surface area contributed by atoms with Gasteiger partial charge in [-0.15, -0.1) is 0 Å². The molecule has 0 bridgehead atoms. The summed E-state index contributed by atoms with van der Waals surface area (Å²) in [5.74, 6) is 0. The molecular formula is C13H23N3O3S. The zero-order valence-corrected chi connectivity index (χ0v) is 13.2. The third-order valence-corrected chi connectivity index (χ3v) is 5.74. The fraction of sp³-hybridized carbons (Fsp3) is 0.769. The molecule has 6 nitrogen and oxygen atoms in total. The van der Waals surface area contributed by atoms with Crippen LogP contribution in [-0.4, -0.2) is 38.5 Å². The molecule has 0 radical (unpaired) electrons. The fourth-order valence-electron chi connectivity index (χ4n) is 2.87. The lowest BCUT2D eigenvalue weighted by molar-refractivity contribution is 0.0867. The molecule has 1 aromatic heterocycles. The van der Waals surface area contributed by atoms with Crippen LogP contribution in [0.4, 0.5) is 0 Å². The number of hydrogen-bond acceptors (Lipinski definition) is 4. The van der Waals surface area contributed by atoms with Crippen LogP contribution in [0, 0.1) is 12.3 Å². The summed E-state index contributed by atoms with van der Waals surface area (Å²) in [6.07, 6.45) is 5.69. The van der Waals surface area contributed by atoms with Crippen molar-refractivity contribution in [3.8, 4) is 0 Å². The van der Waals surface area contributed by atoms with Gasteiger partial charge in [0, 0.05) is 26.1 Å². The van der Waals surface area contributed by atoms with E-state index in [-0.39, 0.29) is 10.3 Å². The van der Waals surface area contributed by atoms with E-state index in [0.29, 0.717) is 18.8 Å². The minimum absolute atomic E-state index is 0.0576. The van der Waals surface area contributed by atoms with E-state index >= 15 is 0 Å². The van der Waals surface area contributed by atoms with Crippen LogP contribution in [0.2, 0.25) is 0 Å². The van der Waals surface area contributed by atoms with Gasteiger partial charge in [-0.05, 0) is 19.8 Å². The van der Waals surface area contributed by atoms with Gasteiger partial charge in [-0.3, -0.25) is 4.68 Å². The van der Waals surface area contributed by atoms with Crippen molar-refractivity contribution >= 4 is 10.0 Å². The normalized spacial score (nSPS) is 18.6. The number of rotatable bonds is 6. The number of aryl methyl sites for hydroxylation is 1. The highest BCUT2D eigenvalue weighted by atomic mass is 32.2. The Kier molecular flexibility index (Phi) is 4.51. The fourth-order valence-corrected chi connectivity index (χ4v) is 4.23. The lowest BCUT2D eigenvalue weighted by atomic mass is 9.87. The predicted octanol–water partition coefficient (Wildman–Crippen LogP) is 1.21. The van der Waals surface area contributed by atoms with Crippen LogP contribution < -0.4 is 4.72 Å². The summed E-state index contributed by atoms with van der Waals surface area (Å²) in [6, 6.07) is 0. The molecule has 1 aliphatic carbocycles. The van der Waals surface area contributed by atoms with Crippen LogP contribution in [0.5, 0.6) is 0 Å². The molecule has 0 spiro atoms. The standard InChI is InChI=1S/C13H23N3O3S/c1-11-12(8-14-16(11)2)20(17,18)15-9-13(10-19-3)6-4-5-7-13/h8,15H,4-7,9-10H2,1-3H3. The molecule has 0 aliphatic heterocycles. The number of ether oxygens (including phenoxy) is 1.